The van der Waals surface area contributed by atoms with Crippen molar-refractivity contribution in [1.29, 1.82) is 0 Å². The monoisotopic (exact) mass is 259 g/mol. The molecule has 0 fully saturated rings. The standard InChI is InChI=1S/C13H10ClN3O/c14-10-2-1-3-11(6-10)17-7-12(15)13(16-17)9-4-5-18-8-9/h1-8H,15H2. The first-order valence-electron chi connectivity index (χ1n) is 5.38. The molecular weight excluding hydrogens is 250 g/mol. The molecule has 0 aliphatic heterocycles. The van der Waals surface area contributed by atoms with Crippen molar-refractivity contribution in [1.82, 2.24) is 9.78 Å². The fraction of sp³-hybridized carbons (Fsp3) is 0. The van der Waals surface area contributed by atoms with Crippen LogP contribution in [-0.2, 0) is 0 Å². The van der Waals surface area contributed by atoms with Crippen LogP contribution in [0.2, 0.25) is 5.02 Å². The van der Waals surface area contributed by atoms with Crippen LogP contribution in [-0.4, -0.2) is 9.78 Å². The summed E-state index contributed by atoms with van der Waals surface area (Å²) >= 11 is 5.95. The Morgan fingerprint density at radius 2 is 2.17 bits per heavy atom. The van der Waals surface area contributed by atoms with Crippen LogP contribution >= 0.6 is 11.6 Å². The largest absolute Gasteiger partial charge is 0.472 e. The number of hydrogen-bond donors (Lipinski definition) is 1. The van der Waals surface area contributed by atoms with Crippen molar-refractivity contribution in [2.75, 3.05) is 5.73 Å². The molecule has 1 aromatic carbocycles. The van der Waals surface area contributed by atoms with Crippen LogP contribution in [0.3, 0.4) is 0 Å². The number of nitrogens with two attached hydrogens (primary N) is 1. The van der Waals surface area contributed by atoms with Crippen molar-refractivity contribution in [2.24, 2.45) is 0 Å². The minimum Gasteiger partial charge on any atom is -0.472 e. The van der Waals surface area contributed by atoms with E-state index in [0.29, 0.717) is 16.4 Å². The summed E-state index contributed by atoms with van der Waals surface area (Å²) in [6.07, 6.45) is 4.96. The molecule has 0 bridgehead atoms. The lowest BCUT2D eigenvalue weighted by molar-refractivity contribution is 0.568. The van der Waals surface area contributed by atoms with Gasteiger partial charge >= 0.3 is 0 Å². The van der Waals surface area contributed by atoms with E-state index in [-0.39, 0.29) is 0 Å². The first kappa shape index (κ1) is 10.9. The molecular formula is C13H10ClN3O. The molecule has 18 heavy (non-hydrogen) atoms. The minimum atomic E-state index is 0.594. The molecule has 0 saturated heterocycles. The molecule has 3 aromatic rings. The third-order valence-electron chi connectivity index (χ3n) is 2.61. The van der Waals surface area contributed by atoms with E-state index in [2.05, 4.69) is 5.10 Å². The van der Waals surface area contributed by atoms with E-state index >= 15 is 0 Å². The number of hydrogen-bond acceptors (Lipinski definition) is 3. The molecule has 90 valence electrons. The zero-order chi connectivity index (χ0) is 12.5. The Morgan fingerprint density at radius 3 is 2.89 bits per heavy atom. The number of benzene rings is 1. The average molecular weight is 260 g/mol. The fourth-order valence-corrected chi connectivity index (χ4v) is 1.95. The minimum absolute atomic E-state index is 0.594. The summed E-state index contributed by atoms with van der Waals surface area (Å²) in [7, 11) is 0. The van der Waals surface area contributed by atoms with Gasteiger partial charge < -0.3 is 10.2 Å². The van der Waals surface area contributed by atoms with E-state index in [4.69, 9.17) is 21.8 Å². The predicted molar refractivity (Wildman–Crippen MR) is 70.7 cm³/mol. The fourth-order valence-electron chi connectivity index (χ4n) is 1.76. The first-order chi connectivity index (χ1) is 8.74. The summed E-state index contributed by atoms with van der Waals surface area (Å²) in [5, 5.41) is 5.10. The highest BCUT2D eigenvalue weighted by Gasteiger charge is 2.10. The van der Waals surface area contributed by atoms with Gasteiger partial charge in [0.15, 0.2) is 0 Å². The van der Waals surface area contributed by atoms with Gasteiger partial charge in [-0.3, -0.25) is 0 Å². The molecule has 2 N–H and O–H groups in total. The topological polar surface area (TPSA) is 57.0 Å². The van der Waals surface area contributed by atoms with Gasteiger partial charge in [0.2, 0.25) is 0 Å². The van der Waals surface area contributed by atoms with Crippen molar-refractivity contribution in [3.05, 3.63) is 54.1 Å². The third-order valence-corrected chi connectivity index (χ3v) is 2.84. The molecule has 2 heterocycles. The van der Waals surface area contributed by atoms with Crippen LogP contribution in [0.25, 0.3) is 16.9 Å². The Kier molecular flexibility index (Phi) is 2.57. The molecule has 0 saturated carbocycles. The number of furan rings is 1. The lowest BCUT2D eigenvalue weighted by Gasteiger charge is -2.00. The van der Waals surface area contributed by atoms with Gasteiger partial charge in [-0.05, 0) is 24.3 Å². The number of aromatic nitrogens is 2. The predicted octanol–water partition coefficient (Wildman–Crippen LogP) is 3.37. The van der Waals surface area contributed by atoms with Crippen LogP contribution in [0.4, 0.5) is 5.69 Å². The lowest BCUT2D eigenvalue weighted by atomic mass is 10.2. The summed E-state index contributed by atoms with van der Waals surface area (Å²) in [6.45, 7) is 0. The van der Waals surface area contributed by atoms with E-state index in [1.807, 2.05) is 30.3 Å². The summed E-state index contributed by atoms with van der Waals surface area (Å²) in [6, 6.07) is 9.24. The second-order valence-corrected chi connectivity index (χ2v) is 4.31. The van der Waals surface area contributed by atoms with Gasteiger partial charge in [-0.2, -0.15) is 5.10 Å². The molecule has 2 aromatic heterocycles. The molecule has 0 amide bonds. The van der Waals surface area contributed by atoms with Crippen molar-refractivity contribution in [3.63, 3.8) is 0 Å². The average Bonchev–Trinajstić information content (AvgIpc) is 2.97. The van der Waals surface area contributed by atoms with Crippen molar-refractivity contribution in [2.45, 2.75) is 0 Å². The highest BCUT2D eigenvalue weighted by molar-refractivity contribution is 6.30. The van der Waals surface area contributed by atoms with Crippen LogP contribution < -0.4 is 5.73 Å². The molecule has 0 radical (unpaired) electrons. The highest BCUT2D eigenvalue weighted by Crippen LogP contribution is 2.26. The van der Waals surface area contributed by atoms with Crippen LogP contribution in [0, 0.1) is 0 Å². The van der Waals surface area contributed by atoms with Crippen LogP contribution in [0.15, 0.2) is 53.5 Å². The van der Waals surface area contributed by atoms with Gasteiger partial charge in [-0.25, -0.2) is 4.68 Å². The van der Waals surface area contributed by atoms with Gasteiger partial charge in [-0.15, -0.1) is 0 Å². The maximum absolute atomic E-state index is 5.95. The highest BCUT2D eigenvalue weighted by atomic mass is 35.5. The lowest BCUT2D eigenvalue weighted by Crippen LogP contribution is -1.94. The van der Waals surface area contributed by atoms with Crippen molar-refractivity contribution >= 4 is 17.3 Å². The number of anilines is 1. The summed E-state index contributed by atoms with van der Waals surface area (Å²) in [4.78, 5) is 0. The molecule has 0 aliphatic carbocycles. The Hall–Kier alpha value is -2.20. The Morgan fingerprint density at radius 1 is 1.28 bits per heavy atom. The number of rotatable bonds is 2. The number of nitrogen functional groups attached to an aromatic ring is 1. The van der Waals surface area contributed by atoms with Crippen molar-refractivity contribution < 1.29 is 4.42 Å². The maximum Gasteiger partial charge on any atom is 0.119 e. The number of halogens is 1. The summed E-state index contributed by atoms with van der Waals surface area (Å²) < 4.78 is 6.73. The second-order valence-electron chi connectivity index (χ2n) is 3.87. The zero-order valence-corrected chi connectivity index (χ0v) is 10.1. The Labute approximate surface area is 109 Å². The molecule has 0 unspecified atom stereocenters. The second kappa shape index (κ2) is 4.23. The van der Waals surface area contributed by atoms with Gasteiger partial charge in [0, 0.05) is 10.6 Å². The van der Waals surface area contributed by atoms with E-state index < -0.39 is 0 Å². The molecule has 3 rings (SSSR count). The molecule has 0 spiro atoms. The molecule has 5 heteroatoms. The smallest absolute Gasteiger partial charge is 0.119 e. The molecule has 4 nitrogen and oxygen atoms in total. The quantitative estimate of drug-likeness (QED) is 0.768. The summed E-state index contributed by atoms with van der Waals surface area (Å²) in [5.74, 6) is 0. The van der Waals surface area contributed by atoms with Crippen molar-refractivity contribution in [3.8, 4) is 16.9 Å². The van der Waals surface area contributed by atoms with Crippen LogP contribution in [0.1, 0.15) is 0 Å². The normalized spacial score (nSPS) is 10.7. The van der Waals surface area contributed by atoms with E-state index in [1.165, 1.54) is 0 Å². The van der Waals surface area contributed by atoms with Gasteiger partial charge in [0.05, 0.1) is 30.1 Å². The third kappa shape index (κ3) is 1.87. The van der Waals surface area contributed by atoms with Crippen LogP contribution in [0.5, 0.6) is 0 Å². The summed E-state index contributed by atoms with van der Waals surface area (Å²) in [5.41, 5.74) is 8.96. The van der Waals surface area contributed by atoms with Gasteiger partial charge in [-0.1, -0.05) is 17.7 Å². The van der Waals surface area contributed by atoms with Gasteiger partial charge in [0.25, 0.3) is 0 Å². The zero-order valence-electron chi connectivity index (χ0n) is 9.38. The molecule has 0 aliphatic rings. The van der Waals surface area contributed by atoms with E-state index in [1.54, 1.807) is 23.4 Å². The van der Waals surface area contributed by atoms with E-state index in [9.17, 15) is 0 Å². The van der Waals surface area contributed by atoms with Gasteiger partial charge in [0.1, 0.15) is 5.69 Å². The Balaban J connectivity index is 2.08. The Bertz CT molecular complexity index is 673. The molecule has 0 atom stereocenters. The number of nitrogens with zero attached hydrogens (tertiary/aromatic N) is 2. The SMILES string of the molecule is Nc1cn(-c2cccc(Cl)c2)nc1-c1ccoc1. The first-order valence-corrected chi connectivity index (χ1v) is 5.75. The van der Waals surface area contributed by atoms with E-state index in [0.717, 1.165) is 11.3 Å². The maximum atomic E-state index is 5.95.